The Morgan fingerprint density at radius 3 is 2.28 bits per heavy atom. The summed E-state index contributed by atoms with van der Waals surface area (Å²) in [6.45, 7) is 3.43. The van der Waals surface area contributed by atoms with Gasteiger partial charge in [0.05, 0.1) is 32.6 Å². The quantitative estimate of drug-likeness (QED) is 0.634. The van der Waals surface area contributed by atoms with Crippen LogP contribution in [0.25, 0.3) is 0 Å². The van der Waals surface area contributed by atoms with E-state index in [1.807, 2.05) is 42.5 Å². The van der Waals surface area contributed by atoms with E-state index in [-0.39, 0.29) is 24.3 Å². The van der Waals surface area contributed by atoms with E-state index in [4.69, 9.17) is 9.47 Å². The van der Waals surface area contributed by atoms with Gasteiger partial charge < -0.3 is 29.1 Å². The van der Waals surface area contributed by atoms with Crippen molar-refractivity contribution in [3.63, 3.8) is 0 Å². The zero-order valence-electron chi connectivity index (χ0n) is 20.6. The van der Waals surface area contributed by atoms with E-state index in [2.05, 4.69) is 4.90 Å². The molecule has 0 aromatic heterocycles. The molecular weight excluding hydrogens is 460 g/mol. The molecule has 190 valence electrons. The van der Waals surface area contributed by atoms with Crippen LogP contribution in [0.4, 0.5) is 5.69 Å². The van der Waals surface area contributed by atoms with Crippen molar-refractivity contribution < 1.29 is 23.9 Å². The van der Waals surface area contributed by atoms with Crippen molar-refractivity contribution >= 4 is 23.4 Å². The minimum atomic E-state index is -0.788. The van der Waals surface area contributed by atoms with Gasteiger partial charge in [-0.1, -0.05) is 30.3 Å². The predicted octanol–water partition coefficient (Wildman–Crippen LogP) is 1.84. The van der Waals surface area contributed by atoms with E-state index in [1.54, 1.807) is 33.9 Å². The first-order valence-electron chi connectivity index (χ1n) is 12.4. The molecule has 0 radical (unpaired) electrons. The van der Waals surface area contributed by atoms with Crippen LogP contribution in [0.1, 0.15) is 23.2 Å². The molecule has 0 N–H and O–H groups in total. The molecule has 5 rings (SSSR count). The highest BCUT2D eigenvalue weighted by Crippen LogP contribution is 2.40. The monoisotopic (exact) mass is 492 g/mol. The van der Waals surface area contributed by atoms with Gasteiger partial charge in [-0.2, -0.15) is 0 Å². The maximum atomic E-state index is 13.9. The summed E-state index contributed by atoms with van der Waals surface area (Å²) in [5, 5.41) is 0. The molecule has 9 heteroatoms. The average Bonchev–Trinajstić information content (AvgIpc) is 3.20. The topological polar surface area (TPSA) is 82.6 Å². The number of hydrogen-bond acceptors (Lipinski definition) is 6. The van der Waals surface area contributed by atoms with Gasteiger partial charge in [0, 0.05) is 31.9 Å². The molecule has 0 bridgehead atoms. The Balaban J connectivity index is 1.35. The average molecular weight is 493 g/mol. The number of morpholine rings is 1. The van der Waals surface area contributed by atoms with Gasteiger partial charge in [-0.05, 0) is 37.1 Å². The van der Waals surface area contributed by atoms with Crippen LogP contribution in [0.3, 0.4) is 0 Å². The first-order chi connectivity index (χ1) is 17.5. The van der Waals surface area contributed by atoms with Crippen molar-refractivity contribution in [2.45, 2.75) is 18.4 Å². The van der Waals surface area contributed by atoms with Crippen LogP contribution in [-0.2, 0) is 14.3 Å². The zero-order valence-corrected chi connectivity index (χ0v) is 20.6. The fraction of sp³-hybridized carbons (Fsp3) is 0.444. The van der Waals surface area contributed by atoms with Crippen LogP contribution >= 0.6 is 0 Å². The van der Waals surface area contributed by atoms with E-state index >= 15 is 0 Å². The number of piperidine rings is 1. The van der Waals surface area contributed by atoms with Crippen molar-refractivity contribution in [3.05, 3.63) is 60.2 Å². The summed E-state index contributed by atoms with van der Waals surface area (Å²) in [5.74, 6) is 0.342. The minimum absolute atomic E-state index is 0.0441. The summed E-state index contributed by atoms with van der Waals surface area (Å²) in [5.41, 5.74) is 0.674. The van der Waals surface area contributed by atoms with E-state index in [1.165, 1.54) is 0 Å². The second-order valence-corrected chi connectivity index (χ2v) is 9.43. The van der Waals surface area contributed by atoms with E-state index in [0.29, 0.717) is 70.2 Å². The number of carbonyl (C=O) groups excluding carboxylic acids is 3. The van der Waals surface area contributed by atoms with Gasteiger partial charge in [0.1, 0.15) is 17.8 Å². The first kappa shape index (κ1) is 24.1. The van der Waals surface area contributed by atoms with Gasteiger partial charge in [-0.25, -0.2) is 0 Å². The fourth-order valence-corrected chi connectivity index (χ4v) is 5.47. The number of carbonyl (C=O) groups is 3. The Hall–Kier alpha value is -3.59. The summed E-state index contributed by atoms with van der Waals surface area (Å²) in [7, 11) is 1.55. The molecule has 36 heavy (non-hydrogen) atoms. The van der Waals surface area contributed by atoms with Gasteiger partial charge in [0.15, 0.2) is 0 Å². The molecule has 3 aliphatic rings. The zero-order chi connectivity index (χ0) is 25.1. The fourth-order valence-electron chi connectivity index (χ4n) is 5.47. The molecule has 1 spiro atoms. The van der Waals surface area contributed by atoms with Crippen LogP contribution in [-0.4, -0.2) is 97.7 Å². The molecule has 0 saturated carbocycles. The number of ether oxygens (including phenoxy) is 2. The lowest BCUT2D eigenvalue weighted by Gasteiger charge is -2.43. The molecule has 9 nitrogen and oxygen atoms in total. The minimum Gasteiger partial charge on any atom is -0.496 e. The number of likely N-dealkylation sites (tertiary alicyclic amines) is 1. The maximum Gasteiger partial charge on any atom is 0.257 e. The Morgan fingerprint density at radius 1 is 0.917 bits per heavy atom. The lowest BCUT2D eigenvalue weighted by atomic mass is 9.85. The lowest BCUT2D eigenvalue weighted by Crippen LogP contribution is -2.57. The van der Waals surface area contributed by atoms with E-state index in [9.17, 15) is 14.4 Å². The highest BCUT2D eigenvalue weighted by atomic mass is 16.5. The SMILES string of the molecule is COc1ccccc1C(=O)N1CCC2(CC1)C(=O)N(CC(=O)N1CCOCC1)CN2c1ccccc1. The van der Waals surface area contributed by atoms with Crippen LogP contribution in [0.2, 0.25) is 0 Å². The molecule has 2 aromatic rings. The number of nitrogens with zero attached hydrogens (tertiary/aromatic N) is 4. The van der Waals surface area contributed by atoms with Gasteiger partial charge in [-0.15, -0.1) is 0 Å². The van der Waals surface area contributed by atoms with E-state index in [0.717, 1.165) is 5.69 Å². The Kier molecular flexibility index (Phi) is 6.82. The van der Waals surface area contributed by atoms with Gasteiger partial charge in [0.2, 0.25) is 5.91 Å². The summed E-state index contributed by atoms with van der Waals surface area (Å²) in [6, 6.07) is 17.0. The molecule has 3 heterocycles. The Bertz CT molecular complexity index is 1110. The molecule has 3 fully saturated rings. The van der Waals surface area contributed by atoms with Crippen LogP contribution in [0.5, 0.6) is 5.75 Å². The van der Waals surface area contributed by atoms with Crippen molar-refractivity contribution in [1.29, 1.82) is 0 Å². The van der Waals surface area contributed by atoms with Crippen LogP contribution < -0.4 is 9.64 Å². The molecule has 0 atom stereocenters. The number of methoxy groups -OCH3 is 1. The number of hydrogen-bond donors (Lipinski definition) is 0. The van der Waals surface area contributed by atoms with Crippen LogP contribution in [0, 0.1) is 0 Å². The third kappa shape index (κ3) is 4.39. The molecule has 3 amide bonds. The molecule has 3 aliphatic heterocycles. The second-order valence-electron chi connectivity index (χ2n) is 9.43. The molecular formula is C27H32N4O5. The summed E-state index contributed by atoms with van der Waals surface area (Å²) >= 11 is 0. The summed E-state index contributed by atoms with van der Waals surface area (Å²) < 4.78 is 10.7. The molecule has 0 unspecified atom stereocenters. The first-order valence-corrected chi connectivity index (χ1v) is 12.4. The van der Waals surface area contributed by atoms with Gasteiger partial charge >= 0.3 is 0 Å². The standard InChI is InChI=1S/C27H32N4O5/c1-35-23-10-6-5-9-22(23)25(33)29-13-11-27(12-14-29)26(34)30(19-24(32)28-15-17-36-18-16-28)20-31(27)21-7-3-2-4-8-21/h2-10H,11-20H2,1H3. The van der Waals surface area contributed by atoms with Crippen molar-refractivity contribution in [1.82, 2.24) is 14.7 Å². The van der Waals surface area contributed by atoms with E-state index < -0.39 is 5.54 Å². The second kappa shape index (κ2) is 10.2. The Labute approximate surface area is 211 Å². The third-order valence-electron chi connectivity index (χ3n) is 7.49. The summed E-state index contributed by atoms with van der Waals surface area (Å²) in [6.07, 6.45) is 0.980. The van der Waals surface area contributed by atoms with Crippen molar-refractivity contribution in [3.8, 4) is 5.75 Å². The van der Waals surface area contributed by atoms with Crippen LogP contribution in [0.15, 0.2) is 54.6 Å². The maximum absolute atomic E-state index is 13.9. The highest BCUT2D eigenvalue weighted by molar-refractivity contribution is 5.99. The van der Waals surface area contributed by atoms with Gasteiger partial charge in [0.25, 0.3) is 11.8 Å². The molecule has 3 saturated heterocycles. The predicted molar refractivity (Wildman–Crippen MR) is 134 cm³/mol. The molecule has 0 aliphatic carbocycles. The number of rotatable bonds is 5. The van der Waals surface area contributed by atoms with Crippen molar-refractivity contribution in [2.24, 2.45) is 0 Å². The Morgan fingerprint density at radius 2 is 1.58 bits per heavy atom. The highest BCUT2D eigenvalue weighted by Gasteiger charge is 2.54. The normalized spacial score (nSPS) is 19.6. The summed E-state index contributed by atoms with van der Waals surface area (Å²) in [4.78, 5) is 47.5. The number of amides is 3. The largest absolute Gasteiger partial charge is 0.496 e. The van der Waals surface area contributed by atoms with Gasteiger partial charge in [-0.3, -0.25) is 14.4 Å². The third-order valence-corrected chi connectivity index (χ3v) is 7.49. The number of anilines is 1. The number of benzene rings is 2. The smallest absolute Gasteiger partial charge is 0.257 e. The number of para-hydroxylation sites is 2. The molecule has 2 aromatic carbocycles. The van der Waals surface area contributed by atoms with Crippen molar-refractivity contribution in [2.75, 3.05) is 64.6 Å². The lowest BCUT2D eigenvalue weighted by molar-refractivity contribution is -0.143.